The number of halogens is 1. The van der Waals surface area contributed by atoms with Crippen molar-refractivity contribution in [2.75, 3.05) is 0 Å². The molecule has 3 aromatic rings. The molecule has 150 valence electrons. The van der Waals surface area contributed by atoms with Gasteiger partial charge in [0.2, 0.25) is 0 Å². The van der Waals surface area contributed by atoms with Crippen LogP contribution in [0.4, 0.5) is 0 Å². The summed E-state index contributed by atoms with van der Waals surface area (Å²) in [5.41, 5.74) is 2.77. The van der Waals surface area contributed by atoms with Gasteiger partial charge in [0.05, 0.1) is 11.7 Å². The van der Waals surface area contributed by atoms with Gasteiger partial charge >= 0.3 is 0 Å². The van der Waals surface area contributed by atoms with E-state index >= 15 is 0 Å². The number of pyridine rings is 1. The molecule has 0 saturated heterocycles. The molecule has 0 spiro atoms. The maximum Gasteiger partial charge on any atom is 0.280 e. The van der Waals surface area contributed by atoms with Gasteiger partial charge in [-0.1, -0.05) is 55.6 Å². The maximum absolute atomic E-state index is 13.0. The fourth-order valence-corrected chi connectivity index (χ4v) is 3.34. The van der Waals surface area contributed by atoms with Gasteiger partial charge in [0.1, 0.15) is 11.3 Å². The third kappa shape index (κ3) is 4.66. The predicted molar refractivity (Wildman–Crippen MR) is 116 cm³/mol. The van der Waals surface area contributed by atoms with Gasteiger partial charge in [0.15, 0.2) is 0 Å². The maximum atomic E-state index is 13.0. The SMILES string of the molecule is CCCCCn1c(=O)c(C(=O)NN=Cc2cccc(Cl)c2)c(O)c2ccccc21. The van der Waals surface area contributed by atoms with Crippen LogP contribution in [-0.4, -0.2) is 21.8 Å². The molecule has 7 heteroatoms. The minimum absolute atomic E-state index is 0.316. The van der Waals surface area contributed by atoms with Crippen LogP contribution < -0.4 is 11.0 Å². The van der Waals surface area contributed by atoms with E-state index in [4.69, 9.17) is 11.6 Å². The van der Waals surface area contributed by atoms with E-state index in [0.29, 0.717) is 28.0 Å². The van der Waals surface area contributed by atoms with Crippen LogP contribution in [0, 0.1) is 0 Å². The number of unbranched alkanes of at least 4 members (excludes halogenated alkanes) is 2. The molecule has 3 rings (SSSR count). The Kier molecular flexibility index (Phi) is 6.67. The number of nitrogens with zero attached hydrogens (tertiary/aromatic N) is 2. The number of carbonyl (C=O) groups excluding carboxylic acids is 1. The number of nitrogens with one attached hydrogen (secondary N) is 1. The van der Waals surface area contributed by atoms with Crippen molar-refractivity contribution < 1.29 is 9.90 Å². The number of rotatable bonds is 7. The highest BCUT2D eigenvalue weighted by atomic mass is 35.5. The number of para-hydroxylation sites is 1. The summed E-state index contributed by atoms with van der Waals surface area (Å²) < 4.78 is 1.54. The quantitative estimate of drug-likeness (QED) is 0.345. The smallest absolute Gasteiger partial charge is 0.280 e. The third-order valence-corrected chi connectivity index (χ3v) is 4.82. The van der Waals surface area contributed by atoms with Crippen molar-refractivity contribution >= 4 is 34.6 Å². The molecular weight excluding hydrogens is 390 g/mol. The van der Waals surface area contributed by atoms with Crippen molar-refractivity contribution in [3.63, 3.8) is 0 Å². The number of benzene rings is 2. The molecule has 0 radical (unpaired) electrons. The summed E-state index contributed by atoms with van der Waals surface area (Å²) >= 11 is 5.92. The van der Waals surface area contributed by atoms with E-state index in [0.717, 1.165) is 19.3 Å². The number of fused-ring (bicyclic) bond motifs is 1. The van der Waals surface area contributed by atoms with Crippen molar-refractivity contribution in [1.29, 1.82) is 0 Å². The highest BCUT2D eigenvalue weighted by Gasteiger charge is 2.21. The summed E-state index contributed by atoms with van der Waals surface area (Å²) in [5, 5.41) is 15.5. The second-order valence-corrected chi connectivity index (χ2v) is 7.10. The standard InChI is InChI=1S/C22H22ClN3O3/c1-2-3-6-12-26-18-11-5-4-10-17(18)20(27)19(22(26)29)21(28)25-24-14-15-8-7-9-16(23)13-15/h4-5,7-11,13-14,27H,2-3,6,12H2,1H3,(H,25,28). The zero-order valence-corrected chi connectivity index (χ0v) is 16.8. The van der Waals surface area contributed by atoms with Gasteiger partial charge in [-0.2, -0.15) is 5.10 Å². The van der Waals surface area contributed by atoms with E-state index in [-0.39, 0.29) is 11.3 Å². The van der Waals surface area contributed by atoms with Crippen LogP contribution >= 0.6 is 11.6 Å². The molecule has 0 saturated carbocycles. The average Bonchev–Trinajstić information content (AvgIpc) is 2.71. The number of aromatic nitrogens is 1. The first-order valence-corrected chi connectivity index (χ1v) is 9.84. The molecular formula is C22H22ClN3O3. The predicted octanol–water partition coefficient (Wildman–Crippen LogP) is 4.31. The number of hydrazone groups is 1. The van der Waals surface area contributed by atoms with Gasteiger partial charge in [-0.15, -0.1) is 0 Å². The Hall–Kier alpha value is -3.12. The van der Waals surface area contributed by atoms with Crippen LogP contribution in [-0.2, 0) is 6.54 Å². The van der Waals surface area contributed by atoms with Gasteiger partial charge in [0.25, 0.3) is 11.5 Å². The van der Waals surface area contributed by atoms with Gasteiger partial charge in [0, 0.05) is 17.0 Å². The first kappa shape index (κ1) is 20.6. The Balaban J connectivity index is 1.95. The number of aromatic hydroxyl groups is 1. The molecule has 0 bridgehead atoms. The molecule has 2 aromatic carbocycles. The molecule has 0 unspecified atom stereocenters. The molecule has 0 fully saturated rings. The van der Waals surface area contributed by atoms with Gasteiger partial charge < -0.3 is 9.67 Å². The monoisotopic (exact) mass is 411 g/mol. The molecule has 1 amide bonds. The van der Waals surface area contributed by atoms with Crippen molar-refractivity contribution in [2.45, 2.75) is 32.7 Å². The molecule has 0 aliphatic heterocycles. The van der Waals surface area contributed by atoms with Crippen molar-refractivity contribution in [1.82, 2.24) is 9.99 Å². The molecule has 29 heavy (non-hydrogen) atoms. The average molecular weight is 412 g/mol. The first-order chi connectivity index (χ1) is 14.0. The fraction of sp³-hybridized carbons (Fsp3) is 0.227. The van der Waals surface area contributed by atoms with Crippen molar-refractivity contribution in [3.05, 3.63) is 75.0 Å². The van der Waals surface area contributed by atoms with Crippen LogP contribution in [0.3, 0.4) is 0 Å². The Morgan fingerprint density at radius 1 is 1.21 bits per heavy atom. The van der Waals surface area contributed by atoms with E-state index in [1.807, 2.05) is 0 Å². The van der Waals surface area contributed by atoms with E-state index in [2.05, 4.69) is 17.5 Å². The minimum Gasteiger partial charge on any atom is -0.506 e. The van der Waals surface area contributed by atoms with Crippen molar-refractivity contribution in [2.24, 2.45) is 5.10 Å². The van der Waals surface area contributed by atoms with Gasteiger partial charge in [-0.05, 0) is 36.2 Å². The Labute approximate surface area is 173 Å². The second kappa shape index (κ2) is 9.39. The van der Waals surface area contributed by atoms with Crippen LogP contribution in [0.5, 0.6) is 5.75 Å². The fourth-order valence-electron chi connectivity index (χ4n) is 3.14. The summed E-state index contributed by atoms with van der Waals surface area (Å²) in [6.07, 6.45) is 4.20. The molecule has 0 aliphatic carbocycles. The zero-order valence-electron chi connectivity index (χ0n) is 16.1. The van der Waals surface area contributed by atoms with Crippen LogP contribution in [0.2, 0.25) is 5.02 Å². The molecule has 0 atom stereocenters. The van der Waals surface area contributed by atoms with Crippen molar-refractivity contribution in [3.8, 4) is 5.75 Å². The lowest BCUT2D eigenvalue weighted by atomic mass is 10.1. The topological polar surface area (TPSA) is 83.7 Å². The Morgan fingerprint density at radius 3 is 2.76 bits per heavy atom. The molecule has 1 aromatic heterocycles. The molecule has 2 N–H and O–H groups in total. The molecule has 6 nitrogen and oxygen atoms in total. The van der Waals surface area contributed by atoms with Crippen LogP contribution in [0.25, 0.3) is 10.9 Å². The first-order valence-electron chi connectivity index (χ1n) is 9.46. The highest BCUT2D eigenvalue weighted by molar-refractivity contribution is 6.30. The Morgan fingerprint density at radius 2 is 2.00 bits per heavy atom. The lowest BCUT2D eigenvalue weighted by molar-refractivity contribution is 0.0950. The lowest BCUT2D eigenvalue weighted by Crippen LogP contribution is -2.31. The number of amides is 1. The normalized spacial score (nSPS) is 11.2. The van der Waals surface area contributed by atoms with Gasteiger partial charge in [-0.25, -0.2) is 5.43 Å². The molecule has 0 aliphatic rings. The number of aryl methyl sites for hydroxylation is 1. The third-order valence-electron chi connectivity index (χ3n) is 4.59. The van der Waals surface area contributed by atoms with Crippen LogP contribution in [0.15, 0.2) is 58.4 Å². The lowest BCUT2D eigenvalue weighted by Gasteiger charge is -2.14. The zero-order chi connectivity index (χ0) is 20.8. The van der Waals surface area contributed by atoms with E-state index in [1.54, 1.807) is 53.1 Å². The Bertz CT molecular complexity index is 1120. The number of hydrogen-bond donors (Lipinski definition) is 2. The van der Waals surface area contributed by atoms with E-state index in [9.17, 15) is 14.7 Å². The largest absolute Gasteiger partial charge is 0.506 e. The summed E-state index contributed by atoms with van der Waals surface area (Å²) in [4.78, 5) is 25.6. The molecule has 1 heterocycles. The van der Waals surface area contributed by atoms with Crippen LogP contribution in [0.1, 0.15) is 42.1 Å². The highest BCUT2D eigenvalue weighted by Crippen LogP contribution is 2.26. The number of carbonyl (C=O) groups is 1. The minimum atomic E-state index is -0.763. The van der Waals surface area contributed by atoms with E-state index < -0.39 is 11.5 Å². The summed E-state index contributed by atoms with van der Waals surface area (Å²) in [6, 6.07) is 13.9. The summed E-state index contributed by atoms with van der Waals surface area (Å²) in [7, 11) is 0. The van der Waals surface area contributed by atoms with Gasteiger partial charge in [-0.3, -0.25) is 9.59 Å². The van der Waals surface area contributed by atoms with E-state index in [1.165, 1.54) is 6.21 Å². The number of hydrogen-bond acceptors (Lipinski definition) is 4. The summed E-state index contributed by atoms with van der Waals surface area (Å²) in [5.74, 6) is -1.10. The second-order valence-electron chi connectivity index (χ2n) is 6.66. The summed E-state index contributed by atoms with van der Waals surface area (Å²) in [6.45, 7) is 2.55.